The predicted octanol–water partition coefficient (Wildman–Crippen LogP) is 4.92. The van der Waals surface area contributed by atoms with Crippen LogP contribution in [0.25, 0.3) is 23.0 Å². The van der Waals surface area contributed by atoms with E-state index in [1.165, 1.54) is 12.3 Å². The first-order chi connectivity index (χ1) is 17.3. The molecule has 5 rings (SSSR count). The van der Waals surface area contributed by atoms with Crippen molar-refractivity contribution in [2.24, 2.45) is 0 Å². The summed E-state index contributed by atoms with van der Waals surface area (Å²) in [6, 6.07) is 12.7. The molecule has 3 heterocycles. The van der Waals surface area contributed by atoms with Crippen molar-refractivity contribution in [1.29, 1.82) is 0 Å². The molecule has 0 amide bonds. The summed E-state index contributed by atoms with van der Waals surface area (Å²) in [6.45, 7) is 0.107. The van der Waals surface area contributed by atoms with Crippen molar-refractivity contribution in [2.75, 3.05) is 12.1 Å². The van der Waals surface area contributed by atoms with E-state index in [9.17, 15) is 18.0 Å². The summed E-state index contributed by atoms with van der Waals surface area (Å²) in [7, 11) is 0. The van der Waals surface area contributed by atoms with Crippen molar-refractivity contribution in [1.82, 2.24) is 19.7 Å². The van der Waals surface area contributed by atoms with Gasteiger partial charge in [0.25, 0.3) is 0 Å². The molecule has 0 fully saturated rings. The number of fused-ring (bicyclic) bond motifs is 1. The van der Waals surface area contributed by atoms with Gasteiger partial charge in [-0.25, -0.2) is 14.5 Å². The highest BCUT2D eigenvalue weighted by Crippen LogP contribution is 2.35. The van der Waals surface area contributed by atoms with Crippen LogP contribution >= 0.6 is 0 Å². The second kappa shape index (κ2) is 9.06. The maximum Gasteiger partial charge on any atom is 0.435 e. The summed E-state index contributed by atoms with van der Waals surface area (Å²) in [5.74, 6) is 0.205. The number of rotatable bonds is 6. The first-order valence-electron chi connectivity index (χ1n) is 10.4. The highest BCUT2D eigenvalue weighted by Gasteiger charge is 2.34. The molecule has 0 saturated carbocycles. The third kappa shape index (κ3) is 4.82. The van der Waals surface area contributed by atoms with E-state index in [1.807, 2.05) is 0 Å². The van der Waals surface area contributed by atoms with Gasteiger partial charge in [-0.3, -0.25) is 0 Å². The van der Waals surface area contributed by atoms with Crippen LogP contribution in [0.1, 0.15) is 11.3 Å². The topological polar surface area (TPSA) is 111 Å². The number of nitrogens with zero attached hydrogens (tertiary/aromatic N) is 4. The van der Waals surface area contributed by atoms with Crippen LogP contribution in [-0.2, 0) is 11.0 Å². The Bertz CT molecular complexity index is 1480. The molecule has 2 aromatic carbocycles. The Morgan fingerprint density at radius 2 is 1.94 bits per heavy atom. The van der Waals surface area contributed by atoms with E-state index >= 15 is 0 Å². The Balaban J connectivity index is 1.56. The quantitative estimate of drug-likeness (QED) is 0.363. The van der Waals surface area contributed by atoms with Crippen LogP contribution in [0.2, 0.25) is 0 Å². The summed E-state index contributed by atoms with van der Waals surface area (Å²) >= 11 is 0. The first-order valence-corrected chi connectivity index (χ1v) is 10.4. The van der Waals surface area contributed by atoms with E-state index in [-0.39, 0.29) is 18.6 Å². The fraction of sp³-hybridized carbons (Fsp3) is 0.0833. The molecule has 12 heteroatoms. The van der Waals surface area contributed by atoms with Gasteiger partial charge in [0.15, 0.2) is 23.0 Å². The van der Waals surface area contributed by atoms with Crippen LogP contribution in [0.3, 0.4) is 0 Å². The number of halogens is 3. The van der Waals surface area contributed by atoms with Crippen molar-refractivity contribution in [3.8, 4) is 28.4 Å². The number of aliphatic carboxylic acids is 1. The van der Waals surface area contributed by atoms with Gasteiger partial charge in [0.1, 0.15) is 0 Å². The second-order valence-electron chi connectivity index (χ2n) is 7.56. The first kappa shape index (κ1) is 22.9. The van der Waals surface area contributed by atoms with Crippen molar-refractivity contribution in [3.63, 3.8) is 0 Å². The van der Waals surface area contributed by atoms with E-state index in [2.05, 4.69) is 20.4 Å². The van der Waals surface area contributed by atoms with Gasteiger partial charge in [0, 0.05) is 35.8 Å². The third-order valence-corrected chi connectivity index (χ3v) is 5.11. The molecule has 4 aromatic rings. The minimum absolute atomic E-state index is 0.0862. The molecule has 182 valence electrons. The van der Waals surface area contributed by atoms with E-state index in [0.29, 0.717) is 33.9 Å². The third-order valence-electron chi connectivity index (χ3n) is 5.11. The standard InChI is InChI=1S/C24H16F3N5O4/c25-24(26,27)20-8-9-32(31-20)22-17(15-3-1-2-14(10-15)4-7-21(33)34)12-28-23(30-22)29-16-5-6-18-19(11-16)36-13-35-18/h1-12H,13H2,(H,33,34)(H,28,29,30)/b7-4+. The Morgan fingerprint density at radius 3 is 2.72 bits per heavy atom. The summed E-state index contributed by atoms with van der Waals surface area (Å²) in [6.07, 6.45) is 0.364. The highest BCUT2D eigenvalue weighted by molar-refractivity contribution is 5.86. The Morgan fingerprint density at radius 1 is 1.11 bits per heavy atom. The normalized spacial score (nSPS) is 12.8. The Kier molecular flexibility index (Phi) is 5.76. The molecule has 2 aromatic heterocycles. The van der Waals surface area contributed by atoms with Crippen LogP contribution in [0.15, 0.2) is 67.0 Å². The zero-order chi connectivity index (χ0) is 25.3. The Hall–Kier alpha value is -4.87. The number of hydrogen-bond donors (Lipinski definition) is 2. The minimum Gasteiger partial charge on any atom is -0.478 e. The summed E-state index contributed by atoms with van der Waals surface area (Å²) < 4.78 is 51.3. The number of anilines is 2. The molecule has 0 unspecified atom stereocenters. The molecule has 0 spiro atoms. The van der Waals surface area contributed by atoms with Crippen LogP contribution in [-0.4, -0.2) is 37.6 Å². The van der Waals surface area contributed by atoms with Crippen LogP contribution in [0.5, 0.6) is 11.5 Å². The van der Waals surface area contributed by atoms with Crippen LogP contribution < -0.4 is 14.8 Å². The molecular weight excluding hydrogens is 479 g/mol. The van der Waals surface area contributed by atoms with Crippen LogP contribution in [0, 0.1) is 0 Å². The monoisotopic (exact) mass is 495 g/mol. The molecule has 1 aliphatic heterocycles. The molecule has 9 nitrogen and oxygen atoms in total. The number of carboxylic acid groups (broad SMARTS) is 1. The molecule has 0 radical (unpaired) electrons. The summed E-state index contributed by atoms with van der Waals surface area (Å²) in [5, 5.41) is 15.6. The van der Waals surface area contributed by atoms with Crippen molar-refractivity contribution in [3.05, 3.63) is 78.3 Å². The smallest absolute Gasteiger partial charge is 0.435 e. The number of alkyl halides is 3. The van der Waals surface area contributed by atoms with E-state index < -0.39 is 17.8 Å². The van der Waals surface area contributed by atoms with Crippen molar-refractivity contribution >= 4 is 23.7 Å². The number of hydrogen-bond acceptors (Lipinski definition) is 7. The van der Waals surface area contributed by atoms with Gasteiger partial charge < -0.3 is 19.9 Å². The van der Waals surface area contributed by atoms with Gasteiger partial charge in [0.05, 0.1) is 0 Å². The maximum absolute atomic E-state index is 13.2. The van der Waals surface area contributed by atoms with Gasteiger partial charge in [-0.15, -0.1) is 0 Å². The molecule has 2 N–H and O–H groups in total. The predicted molar refractivity (Wildman–Crippen MR) is 122 cm³/mol. The van der Waals surface area contributed by atoms with Gasteiger partial charge in [0.2, 0.25) is 12.7 Å². The van der Waals surface area contributed by atoms with Gasteiger partial charge in [-0.05, 0) is 41.5 Å². The second-order valence-corrected chi connectivity index (χ2v) is 7.56. The minimum atomic E-state index is -4.63. The van der Waals surface area contributed by atoms with Gasteiger partial charge >= 0.3 is 12.1 Å². The molecule has 0 aliphatic carbocycles. The van der Waals surface area contributed by atoms with Crippen LogP contribution in [0.4, 0.5) is 24.8 Å². The largest absolute Gasteiger partial charge is 0.478 e. The lowest BCUT2D eigenvalue weighted by Crippen LogP contribution is -2.09. The average Bonchev–Trinajstić information content (AvgIpc) is 3.52. The number of benzene rings is 2. The lowest BCUT2D eigenvalue weighted by atomic mass is 10.0. The zero-order valence-corrected chi connectivity index (χ0v) is 18.2. The van der Waals surface area contributed by atoms with Crippen molar-refractivity contribution in [2.45, 2.75) is 6.18 Å². The van der Waals surface area contributed by atoms with Crippen molar-refractivity contribution < 1.29 is 32.5 Å². The fourth-order valence-corrected chi connectivity index (χ4v) is 3.49. The summed E-state index contributed by atoms with van der Waals surface area (Å²) in [4.78, 5) is 19.6. The van der Waals surface area contributed by atoms with E-state index in [0.717, 1.165) is 23.0 Å². The molecule has 0 bridgehead atoms. The number of nitrogens with one attached hydrogen (secondary N) is 1. The highest BCUT2D eigenvalue weighted by atomic mass is 19.4. The number of ether oxygens (including phenoxy) is 2. The average molecular weight is 495 g/mol. The molecule has 0 saturated heterocycles. The fourth-order valence-electron chi connectivity index (χ4n) is 3.49. The zero-order valence-electron chi connectivity index (χ0n) is 18.2. The lowest BCUT2D eigenvalue weighted by Gasteiger charge is -2.12. The Labute approximate surface area is 201 Å². The maximum atomic E-state index is 13.2. The SMILES string of the molecule is O=C(O)/C=C/c1cccc(-c2cnc(Nc3ccc4c(c3)OCO4)nc2-n2ccc(C(F)(F)F)n2)c1. The lowest BCUT2D eigenvalue weighted by molar-refractivity contribution is -0.141. The number of carbonyl (C=O) groups is 1. The number of aromatic nitrogens is 4. The molecule has 1 aliphatic rings. The molecular formula is C24H16F3N5O4. The molecule has 36 heavy (non-hydrogen) atoms. The van der Waals surface area contributed by atoms with Gasteiger partial charge in [-0.2, -0.15) is 23.3 Å². The van der Waals surface area contributed by atoms with Gasteiger partial charge in [-0.1, -0.05) is 18.2 Å². The summed E-state index contributed by atoms with van der Waals surface area (Å²) in [5.41, 5.74) is 1.01. The number of carboxylic acids is 1. The van der Waals surface area contributed by atoms with E-state index in [4.69, 9.17) is 14.6 Å². The molecule has 0 atom stereocenters. The van der Waals surface area contributed by atoms with E-state index in [1.54, 1.807) is 42.5 Å².